The quantitative estimate of drug-likeness (QED) is 0.820. The van der Waals surface area contributed by atoms with E-state index in [1.807, 2.05) is 0 Å². The Labute approximate surface area is 86.2 Å². The van der Waals surface area contributed by atoms with Crippen molar-refractivity contribution in [3.63, 3.8) is 0 Å². The summed E-state index contributed by atoms with van der Waals surface area (Å²) in [5.74, 6) is 0.896. The van der Waals surface area contributed by atoms with Crippen LogP contribution < -0.4 is 10.5 Å². The van der Waals surface area contributed by atoms with Gasteiger partial charge in [0.2, 0.25) is 0 Å². The SMILES string of the molecule is COc1cc2c(cc1Br)C(N)CC2. The maximum Gasteiger partial charge on any atom is 0.133 e. The first-order valence-corrected chi connectivity index (χ1v) is 5.13. The van der Waals surface area contributed by atoms with E-state index in [9.17, 15) is 0 Å². The van der Waals surface area contributed by atoms with Gasteiger partial charge in [0, 0.05) is 6.04 Å². The Kier molecular flexibility index (Phi) is 2.30. The van der Waals surface area contributed by atoms with Crippen molar-refractivity contribution in [2.75, 3.05) is 7.11 Å². The molecule has 0 saturated carbocycles. The highest BCUT2D eigenvalue weighted by molar-refractivity contribution is 9.10. The molecule has 1 aromatic rings. The molecular formula is C10H12BrNO. The van der Waals surface area contributed by atoms with Crippen molar-refractivity contribution >= 4 is 15.9 Å². The Morgan fingerprint density at radius 2 is 2.31 bits per heavy atom. The number of hydrogen-bond donors (Lipinski definition) is 1. The van der Waals surface area contributed by atoms with Gasteiger partial charge in [-0.05, 0) is 52.0 Å². The minimum Gasteiger partial charge on any atom is -0.496 e. The third kappa shape index (κ3) is 1.46. The molecule has 2 N–H and O–H groups in total. The van der Waals surface area contributed by atoms with Gasteiger partial charge in [-0.2, -0.15) is 0 Å². The van der Waals surface area contributed by atoms with Crippen molar-refractivity contribution in [2.24, 2.45) is 5.73 Å². The number of rotatable bonds is 1. The molecule has 0 saturated heterocycles. The number of nitrogens with two attached hydrogens (primary N) is 1. The van der Waals surface area contributed by atoms with Crippen LogP contribution >= 0.6 is 15.9 Å². The van der Waals surface area contributed by atoms with Crippen LogP contribution in [0, 0.1) is 0 Å². The highest BCUT2D eigenvalue weighted by Crippen LogP contribution is 2.36. The number of ether oxygens (including phenoxy) is 1. The van der Waals surface area contributed by atoms with Gasteiger partial charge in [-0.1, -0.05) is 0 Å². The molecule has 13 heavy (non-hydrogen) atoms. The zero-order valence-corrected chi connectivity index (χ0v) is 9.10. The Balaban J connectivity index is 2.50. The summed E-state index contributed by atoms with van der Waals surface area (Å²) in [5, 5.41) is 0. The second kappa shape index (κ2) is 3.31. The second-order valence-corrected chi connectivity index (χ2v) is 4.19. The molecule has 0 aliphatic heterocycles. The zero-order valence-electron chi connectivity index (χ0n) is 7.51. The van der Waals surface area contributed by atoms with Crippen LogP contribution in [0.3, 0.4) is 0 Å². The minimum absolute atomic E-state index is 0.206. The summed E-state index contributed by atoms with van der Waals surface area (Å²) in [6.07, 6.45) is 2.12. The standard InChI is InChI=1S/C10H12BrNO/c1-13-10-4-6-2-3-9(12)7(6)5-8(10)11/h4-5,9H,2-3,12H2,1H3. The van der Waals surface area contributed by atoms with E-state index in [1.165, 1.54) is 11.1 Å². The zero-order chi connectivity index (χ0) is 9.42. The van der Waals surface area contributed by atoms with Crippen molar-refractivity contribution in [3.05, 3.63) is 27.7 Å². The van der Waals surface area contributed by atoms with Crippen LogP contribution in [0.4, 0.5) is 0 Å². The molecule has 1 atom stereocenters. The first kappa shape index (κ1) is 9.03. The van der Waals surface area contributed by atoms with E-state index in [0.29, 0.717) is 0 Å². The Morgan fingerprint density at radius 1 is 1.54 bits per heavy atom. The minimum atomic E-state index is 0.206. The highest BCUT2D eigenvalue weighted by Gasteiger charge is 2.20. The number of halogens is 1. The fourth-order valence-electron chi connectivity index (χ4n) is 1.80. The molecule has 0 fully saturated rings. The summed E-state index contributed by atoms with van der Waals surface area (Å²) < 4.78 is 6.21. The largest absolute Gasteiger partial charge is 0.496 e. The highest BCUT2D eigenvalue weighted by atomic mass is 79.9. The number of methoxy groups -OCH3 is 1. The predicted molar refractivity (Wildman–Crippen MR) is 55.9 cm³/mol. The van der Waals surface area contributed by atoms with Gasteiger partial charge in [0.25, 0.3) is 0 Å². The molecule has 1 unspecified atom stereocenters. The van der Waals surface area contributed by atoms with Gasteiger partial charge < -0.3 is 10.5 Å². The van der Waals surface area contributed by atoms with Crippen LogP contribution in [-0.2, 0) is 6.42 Å². The lowest BCUT2D eigenvalue weighted by Gasteiger charge is -2.08. The molecule has 0 bridgehead atoms. The van der Waals surface area contributed by atoms with Crippen LogP contribution in [0.25, 0.3) is 0 Å². The molecule has 0 amide bonds. The number of fused-ring (bicyclic) bond motifs is 1. The average molecular weight is 242 g/mol. The molecule has 1 aliphatic rings. The summed E-state index contributed by atoms with van der Waals surface area (Å²) >= 11 is 3.46. The lowest BCUT2D eigenvalue weighted by molar-refractivity contribution is 0.411. The van der Waals surface area contributed by atoms with E-state index in [-0.39, 0.29) is 6.04 Å². The number of aryl methyl sites for hydroxylation is 1. The van der Waals surface area contributed by atoms with E-state index >= 15 is 0 Å². The van der Waals surface area contributed by atoms with Gasteiger partial charge >= 0.3 is 0 Å². The van der Waals surface area contributed by atoms with Gasteiger partial charge in [0.05, 0.1) is 11.6 Å². The second-order valence-electron chi connectivity index (χ2n) is 3.33. The van der Waals surface area contributed by atoms with Crippen molar-refractivity contribution < 1.29 is 4.74 Å². The van der Waals surface area contributed by atoms with E-state index in [1.54, 1.807) is 7.11 Å². The monoisotopic (exact) mass is 241 g/mol. The predicted octanol–water partition coefficient (Wildman–Crippen LogP) is 2.40. The van der Waals surface area contributed by atoms with E-state index in [4.69, 9.17) is 10.5 Å². The van der Waals surface area contributed by atoms with Crippen LogP contribution in [0.15, 0.2) is 16.6 Å². The Morgan fingerprint density at radius 3 is 3.00 bits per heavy atom. The van der Waals surface area contributed by atoms with Crippen molar-refractivity contribution in [2.45, 2.75) is 18.9 Å². The lowest BCUT2D eigenvalue weighted by atomic mass is 10.1. The molecule has 1 aromatic carbocycles. The van der Waals surface area contributed by atoms with Crippen molar-refractivity contribution in [3.8, 4) is 5.75 Å². The first-order chi connectivity index (χ1) is 6.22. The molecule has 0 spiro atoms. The van der Waals surface area contributed by atoms with Gasteiger partial charge in [0.15, 0.2) is 0 Å². The van der Waals surface area contributed by atoms with E-state index < -0.39 is 0 Å². The van der Waals surface area contributed by atoms with Gasteiger partial charge in [-0.15, -0.1) is 0 Å². The molecule has 3 heteroatoms. The smallest absolute Gasteiger partial charge is 0.133 e. The fraction of sp³-hybridized carbons (Fsp3) is 0.400. The molecule has 2 nitrogen and oxygen atoms in total. The molecule has 2 rings (SSSR count). The van der Waals surface area contributed by atoms with Gasteiger partial charge in [0.1, 0.15) is 5.75 Å². The molecule has 0 radical (unpaired) electrons. The topological polar surface area (TPSA) is 35.2 Å². The van der Waals surface area contributed by atoms with Crippen LogP contribution in [0.2, 0.25) is 0 Å². The maximum atomic E-state index is 5.95. The number of benzene rings is 1. The fourth-order valence-corrected chi connectivity index (χ4v) is 2.32. The Bertz CT molecular complexity index is 338. The van der Waals surface area contributed by atoms with E-state index in [2.05, 4.69) is 28.1 Å². The number of hydrogen-bond acceptors (Lipinski definition) is 2. The molecule has 1 aliphatic carbocycles. The average Bonchev–Trinajstić information content (AvgIpc) is 2.47. The van der Waals surface area contributed by atoms with Crippen molar-refractivity contribution in [1.29, 1.82) is 0 Å². The molecule has 0 aromatic heterocycles. The first-order valence-electron chi connectivity index (χ1n) is 4.34. The lowest BCUT2D eigenvalue weighted by Crippen LogP contribution is -2.05. The van der Waals surface area contributed by atoms with Crippen molar-refractivity contribution in [1.82, 2.24) is 0 Å². The maximum absolute atomic E-state index is 5.95. The van der Waals surface area contributed by atoms with Crippen LogP contribution in [-0.4, -0.2) is 7.11 Å². The normalized spacial score (nSPS) is 20.1. The van der Waals surface area contributed by atoms with Crippen LogP contribution in [0.5, 0.6) is 5.75 Å². The van der Waals surface area contributed by atoms with E-state index in [0.717, 1.165) is 23.1 Å². The van der Waals surface area contributed by atoms with Gasteiger partial charge in [-0.25, -0.2) is 0 Å². The summed E-state index contributed by atoms with van der Waals surface area (Å²) in [5.41, 5.74) is 8.53. The summed E-state index contributed by atoms with van der Waals surface area (Å²) in [4.78, 5) is 0. The molecule has 70 valence electrons. The summed E-state index contributed by atoms with van der Waals surface area (Å²) in [7, 11) is 1.68. The third-order valence-corrected chi connectivity index (χ3v) is 3.16. The molecular weight excluding hydrogens is 230 g/mol. The summed E-state index contributed by atoms with van der Waals surface area (Å²) in [6, 6.07) is 4.36. The molecule has 0 heterocycles. The Hall–Kier alpha value is -0.540. The third-order valence-electron chi connectivity index (χ3n) is 2.54. The van der Waals surface area contributed by atoms with Crippen LogP contribution in [0.1, 0.15) is 23.6 Å². The van der Waals surface area contributed by atoms with Gasteiger partial charge in [-0.3, -0.25) is 0 Å². The summed E-state index contributed by atoms with van der Waals surface area (Å²) in [6.45, 7) is 0.